The smallest absolute Gasteiger partial charge is 0.119 e. The molecule has 5 heteroatoms. The number of rotatable bonds is 5. The Kier molecular flexibility index (Phi) is 4.83. The second-order valence-electron chi connectivity index (χ2n) is 4.81. The predicted molar refractivity (Wildman–Crippen MR) is 84.1 cm³/mol. The summed E-state index contributed by atoms with van der Waals surface area (Å²) in [6, 6.07) is 6.28. The summed E-state index contributed by atoms with van der Waals surface area (Å²) in [5, 5.41) is 7.69. The lowest BCUT2D eigenvalue weighted by Crippen LogP contribution is -2.19. The lowest BCUT2D eigenvalue weighted by molar-refractivity contribution is 0.413. The Morgan fingerprint density at radius 2 is 2.20 bits per heavy atom. The molecule has 4 nitrogen and oxygen atoms in total. The number of hydrogen-bond donors (Lipinski definition) is 1. The van der Waals surface area contributed by atoms with Gasteiger partial charge in [0.2, 0.25) is 0 Å². The Morgan fingerprint density at radius 3 is 2.75 bits per heavy atom. The fraction of sp³-hybridized carbons (Fsp3) is 0.400. The van der Waals surface area contributed by atoms with E-state index >= 15 is 0 Å². The van der Waals surface area contributed by atoms with Crippen LogP contribution in [0.4, 0.5) is 0 Å². The third kappa shape index (κ3) is 3.04. The van der Waals surface area contributed by atoms with Crippen LogP contribution in [0.25, 0.3) is 0 Å². The van der Waals surface area contributed by atoms with E-state index in [2.05, 4.69) is 39.3 Å². The molecule has 1 N–H and O–H groups in total. The van der Waals surface area contributed by atoms with Crippen LogP contribution in [0.2, 0.25) is 0 Å². The predicted octanol–water partition coefficient (Wildman–Crippen LogP) is 3.00. The van der Waals surface area contributed by atoms with Gasteiger partial charge in [-0.25, -0.2) is 0 Å². The fourth-order valence-electron chi connectivity index (χ4n) is 2.28. The average molecular weight is 338 g/mol. The lowest BCUT2D eigenvalue weighted by Gasteiger charge is -2.17. The van der Waals surface area contributed by atoms with E-state index in [1.54, 1.807) is 7.11 Å². The maximum atomic E-state index is 5.30. The highest BCUT2D eigenvalue weighted by molar-refractivity contribution is 9.10. The fourth-order valence-corrected chi connectivity index (χ4v) is 2.69. The summed E-state index contributed by atoms with van der Waals surface area (Å²) in [5.74, 6) is 0.876. The van der Waals surface area contributed by atoms with E-state index in [-0.39, 0.29) is 6.04 Å². The molecule has 108 valence electrons. The van der Waals surface area contributed by atoms with E-state index in [1.807, 2.05) is 37.1 Å². The Hall–Kier alpha value is -1.33. The van der Waals surface area contributed by atoms with Gasteiger partial charge in [0.15, 0.2) is 0 Å². The molecule has 0 saturated carbocycles. The minimum Gasteiger partial charge on any atom is -0.497 e. The summed E-state index contributed by atoms with van der Waals surface area (Å²) in [4.78, 5) is 0. The van der Waals surface area contributed by atoms with E-state index in [0.29, 0.717) is 0 Å². The van der Waals surface area contributed by atoms with Crippen LogP contribution < -0.4 is 10.1 Å². The van der Waals surface area contributed by atoms with E-state index in [9.17, 15) is 0 Å². The van der Waals surface area contributed by atoms with Crippen LogP contribution in [0.15, 0.2) is 28.9 Å². The van der Waals surface area contributed by atoms with Crippen LogP contribution >= 0.6 is 15.9 Å². The number of nitrogens with one attached hydrogen (secondary N) is 1. The molecule has 0 aliphatic heterocycles. The minimum atomic E-state index is 0.229. The zero-order valence-electron chi connectivity index (χ0n) is 12.3. The zero-order valence-corrected chi connectivity index (χ0v) is 13.9. The molecule has 1 heterocycles. The van der Waals surface area contributed by atoms with Gasteiger partial charge in [0.25, 0.3) is 0 Å². The van der Waals surface area contributed by atoms with Gasteiger partial charge in [-0.1, -0.05) is 15.9 Å². The summed E-state index contributed by atoms with van der Waals surface area (Å²) in [6.45, 7) is 2.09. The normalized spacial score (nSPS) is 12.4. The highest BCUT2D eigenvalue weighted by Crippen LogP contribution is 2.28. The van der Waals surface area contributed by atoms with Gasteiger partial charge in [0, 0.05) is 28.8 Å². The van der Waals surface area contributed by atoms with Crippen molar-refractivity contribution in [2.75, 3.05) is 14.2 Å². The SMILES string of the molecule is CNC(Cc1cc(OC)ccc1Br)c1cnn(C)c1C. The maximum absolute atomic E-state index is 5.30. The molecule has 1 atom stereocenters. The Labute approximate surface area is 128 Å². The molecule has 1 aromatic heterocycles. The van der Waals surface area contributed by atoms with Crippen LogP contribution in [-0.2, 0) is 13.5 Å². The number of benzene rings is 1. The number of methoxy groups -OCH3 is 1. The first-order chi connectivity index (χ1) is 9.56. The van der Waals surface area contributed by atoms with Crippen molar-refractivity contribution in [3.05, 3.63) is 45.7 Å². The summed E-state index contributed by atoms with van der Waals surface area (Å²) in [7, 11) is 5.63. The van der Waals surface area contributed by atoms with Crippen LogP contribution in [0.1, 0.15) is 22.9 Å². The third-order valence-electron chi connectivity index (χ3n) is 3.67. The monoisotopic (exact) mass is 337 g/mol. The van der Waals surface area contributed by atoms with Gasteiger partial charge in [-0.05, 0) is 44.2 Å². The van der Waals surface area contributed by atoms with E-state index < -0.39 is 0 Å². The van der Waals surface area contributed by atoms with Gasteiger partial charge in [-0.3, -0.25) is 4.68 Å². The minimum absolute atomic E-state index is 0.229. The molecule has 1 aromatic carbocycles. The van der Waals surface area contributed by atoms with Gasteiger partial charge in [-0.15, -0.1) is 0 Å². The standard InChI is InChI=1S/C15H20BrN3O/c1-10-13(9-18-19(10)3)15(17-2)8-11-7-12(20-4)5-6-14(11)16/h5-7,9,15,17H,8H2,1-4H3. The molecule has 0 saturated heterocycles. The number of ether oxygens (including phenoxy) is 1. The van der Waals surface area contributed by atoms with Crippen molar-refractivity contribution in [3.8, 4) is 5.75 Å². The number of hydrogen-bond acceptors (Lipinski definition) is 3. The van der Waals surface area contributed by atoms with Crippen LogP contribution in [0.5, 0.6) is 5.75 Å². The Bertz CT molecular complexity index is 595. The molecule has 0 bridgehead atoms. The maximum Gasteiger partial charge on any atom is 0.119 e. The van der Waals surface area contributed by atoms with Crippen LogP contribution in [0, 0.1) is 6.92 Å². The van der Waals surface area contributed by atoms with Gasteiger partial charge < -0.3 is 10.1 Å². The molecule has 0 spiro atoms. The quantitative estimate of drug-likeness (QED) is 0.911. The number of halogens is 1. The highest BCUT2D eigenvalue weighted by Gasteiger charge is 2.17. The summed E-state index contributed by atoms with van der Waals surface area (Å²) >= 11 is 3.61. The number of aryl methyl sites for hydroxylation is 1. The summed E-state index contributed by atoms with van der Waals surface area (Å²) in [6.07, 6.45) is 2.81. The number of nitrogens with zero attached hydrogens (tertiary/aromatic N) is 2. The molecule has 1 unspecified atom stereocenters. The molecular weight excluding hydrogens is 318 g/mol. The Balaban J connectivity index is 2.29. The summed E-state index contributed by atoms with van der Waals surface area (Å²) in [5.41, 5.74) is 3.63. The van der Waals surface area contributed by atoms with E-state index in [0.717, 1.165) is 16.6 Å². The summed E-state index contributed by atoms with van der Waals surface area (Å²) < 4.78 is 8.30. The average Bonchev–Trinajstić information content (AvgIpc) is 2.78. The second kappa shape index (κ2) is 6.41. The van der Waals surface area contributed by atoms with Crippen molar-refractivity contribution >= 4 is 15.9 Å². The third-order valence-corrected chi connectivity index (χ3v) is 4.45. The molecule has 0 amide bonds. The van der Waals surface area contributed by atoms with Crippen molar-refractivity contribution in [2.45, 2.75) is 19.4 Å². The molecule has 0 aliphatic carbocycles. The largest absolute Gasteiger partial charge is 0.497 e. The zero-order chi connectivity index (χ0) is 14.7. The van der Waals surface area contributed by atoms with Crippen molar-refractivity contribution in [1.82, 2.24) is 15.1 Å². The molecule has 0 radical (unpaired) electrons. The van der Waals surface area contributed by atoms with Crippen LogP contribution in [-0.4, -0.2) is 23.9 Å². The molecule has 2 rings (SSSR count). The first-order valence-electron chi connectivity index (χ1n) is 6.55. The Morgan fingerprint density at radius 1 is 1.45 bits per heavy atom. The van der Waals surface area contributed by atoms with Crippen molar-refractivity contribution in [2.24, 2.45) is 7.05 Å². The number of likely N-dealkylation sites (N-methyl/N-ethyl adjacent to an activating group) is 1. The lowest BCUT2D eigenvalue weighted by atomic mass is 9.99. The van der Waals surface area contributed by atoms with Crippen molar-refractivity contribution in [3.63, 3.8) is 0 Å². The van der Waals surface area contributed by atoms with Crippen molar-refractivity contribution < 1.29 is 4.74 Å². The van der Waals surface area contributed by atoms with Crippen molar-refractivity contribution in [1.29, 1.82) is 0 Å². The molecule has 0 fully saturated rings. The molecule has 2 aromatic rings. The van der Waals surface area contributed by atoms with E-state index in [1.165, 1.54) is 16.8 Å². The van der Waals surface area contributed by atoms with E-state index in [4.69, 9.17) is 4.74 Å². The number of aromatic nitrogens is 2. The van der Waals surface area contributed by atoms with Crippen LogP contribution in [0.3, 0.4) is 0 Å². The van der Waals surface area contributed by atoms with Gasteiger partial charge in [0.1, 0.15) is 5.75 Å². The molecule has 0 aliphatic rings. The first kappa shape index (κ1) is 15.1. The van der Waals surface area contributed by atoms with Gasteiger partial charge in [-0.2, -0.15) is 5.10 Å². The highest BCUT2D eigenvalue weighted by atomic mass is 79.9. The topological polar surface area (TPSA) is 39.1 Å². The van der Waals surface area contributed by atoms with Gasteiger partial charge in [0.05, 0.1) is 13.3 Å². The second-order valence-corrected chi connectivity index (χ2v) is 5.67. The molecular formula is C15H20BrN3O. The molecule has 20 heavy (non-hydrogen) atoms. The first-order valence-corrected chi connectivity index (χ1v) is 7.34. The van der Waals surface area contributed by atoms with Gasteiger partial charge >= 0.3 is 0 Å².